The Morgan fingerprint density at radius 3 is 1.33 bits per heavy atom. The zero-order valence-corrected chi connectivity index (χ0v) is 26.5. The van der Waals surface area contributed by atoms with E-state index < -0.39 is 0 Å². The molecule has 4 nitrogen and oxygen atoms in total. The van der Waals surface area contributed by atoms with Crippen LogP contribution in [0, 0.1) is 0 Å². The van der Waals surface area contributed by atoms with E-state index in [4.69, 9.17) is 19.4 Å². The lowest BCUT2D eigenvalue weighted by Crippen LogP contribution is -2.00. The molecule has 0 aliphatic rings. The molecule has 2 aromatic heterocycles. The normalized spacial score (nSPS) is 11.3. The molecule has 230 valence electrons. The summed E-state index contributed by atoms with van der Waals surface area (Å²) < 4.78 is 6.94. The molecule has 2 heterocycles. The first kappa shape index (κ1) is 28.6. The molecule has 4 heteroatoms. The van der Waals surface area contributed by atoms with Gasteiger partial charge in [0.05, 0.1) is 0 Å². The van der Waals surface area contributed by atoms with Gasteiger partial charge in [0, 0.05) is 38.6 Å². The molecular formula is C45H29N3O. The monoisotopic (exact) mass is 627 g/mol. The second-order valence-corrected chi connectivity index (χ2v) is 12.0. The van der Waals surface area contributed by atoms with E-state index in [9.17, 15) is 0 Å². The maximum atomic E-state index is 6.94. The van der Waals surface area contributed by atoms with Crippen LogP contribution < -0.4 is 0 Å². The fourth-order valence-corrected chi connectivity index (χ4v) is 6.60. The highest BCUT2D eigenvalue weighted by Crippen LogP contribution is 2.44. The Hall–Kier alpha value is -6.65. The Kier molecular flexibility index (Phi) is 7.10. The van der Waals surface area contributed by atoms with Gasteiger partial charge in [-0.1, -0.05) is 164 Å². The maximum absolute atomic E-state index is 6.94. The van der Waals surface area contributed by atoms with Gasteiger partial charge >= 0.3 is 0 Å². The third kappa shape index (κ3) is 5.26. The summed E-state index contributed by atoms with van der Waals surface area (Å²) in [7, 11) is 0. The molecule has 0 amide bonds. The summed E-state index contributed by atoms with van der Waals surface area (Å²) >= 11 is 0. The van der Waals surface area contributed by atoms with E-state index in [0.717, 1.165) is 72.0 Å². The Bertz CT molecular complexity index is 2520. The molecule has 0 atom stereocenters. The van der Waals surface area contributed by atoms with Gasteiger partial charge in [-0.25, -0.2) is 15.0 Å². The molecule has 0 fully saturated rings. The zero-order chi connectivity index (χ0) is 32.6. The quantitative estimate of drug-likeness (QED) is 0.184. The average molecular weight is 628 g/mol. The van der Waals surface area contributed by atoms with Gasteiger partial charge < -0.3 is 4.42 Å². The molecule has 7 aromatic carbocycles. The van der Waals surface area contributed by atoms with Crippen LogP contribution in [0.4, 0.5) is 0 Å². The van der Waals surface area contributed by atoms with Crippen molar-refractivity contribution in [3.05, 3.63) is 176 Å². The average Bonchev–Trinajstić information content (AvgIpc) is 3.59. The van der Waals surface area contributed by atoms with E-state index in [1.807, 2.05) is 66.7 Å². The number of furan rings is 1. The SMILES string of the molecule is c1ccc(-c2nc(-c3ccccc3)nc(-c3cccc(-c4cccc5c4oc4c(-c6ccccc6)ccc(-c6ccccc6)c45)c3)n2)cc1. The number of hydrogen-bond acceptors (Lipinski definition) is 4. The number of hydrogen-bond donors (Lipinski definition) is 0. The topological polar surface area (TPSA) is 51.8 Å². The highest BCUT2D eigenvalue weighted by Gasteiger charge is 2.20. The lowest BCUT2D eigenvalue weighted by molar-refractivity contribution is 0.671. The number of aromatic nitrogens is 3. The minimum absolute atomic E-state index is 0.615. The number of nitrogens with zero attached hydrogens (tertiary/aromatic N) is 3. The maximum Gasteiger partial charge on any atom is 0.164 e. The number of rotatable bonds is 6. The second-order valence-electron chi connectivity index (χ2n) is 12.0. The van der Waals surface area contributed by atoms with E-state index in [2.05, 4.69) is 109 Å². The summed E-state index contributed by atoms with van der Waals surface area (Å²) in [4.78, 5) is 14.8. The Labute approximate surface area is 284 Å². The van der Waals surface area contributed by atoms with E-state index in [-0.39, 0.29) is 0 Å². The Balaban J connectivity index is 1.24. The summed E-state index contributed by atoms with van der Waals surface area (Å²) in [6, 6.07) is 60.3. The molecule has 0 aliphatic carbocycles. The molecule has 0 saturated heterocycles. The van der Waals surface area contributed by atoms with Crippen LogP contribution >= 0.6 is 0 Å². The van der Waals surface area contributed by atoms with E-state index in [1.54, 1.807) is 0 Å². The van der Waals surface area contributed by atoms with E-state index in [0.29, 0.717) is 17.5 Å². The lowest BCUT2D eigenvalue weighted by atomic mass is 9.94. The van der Waals surface area contributed by atoms with Gasteiger partial charge in [0.15, 0.2) is 17.5 Å². The van der Waals surface area contributed by atoms with Crippen molar-refractivity contribution in [2.75, 3.05) is 0 Å². The molecule has 9 rings (SSSR count). The summed E-state index contributed by atoms with van der Waals surface area (Å²) in [5.41, 5.74) is 11.0. The van der Waals surface area contributed by atoms with Gasteiger partial charge in [-0.3, -0.25) is 0 Å². The van der Waals surface area contributed by atoms with Crippen molar-refractivity contribution in [1.82, 2.24) is 15.0 Å². The smallest absolute Gasteiger partial charge is 0.164 e. The molecule has 9 aromatic rings. The van der Waals surface area contributed by atoms with Gasteiger partial charge in [0.25, 0.3) is 0 Å². The van der Waals surface area contributed by atoms with Crippen molar-refractivity contribution >= 4 is 21.9 Å². The van der Waals surface area contributed by atoms with E-state index in [1.165, 1.54) is 0 Å². The third-order valence-electron chi connectivity index (χ3n) is 8.95. The van der Waals surface area contributed by atoms with E-state index >= 15 is 0 Å². The molecular weight excluding hydrogens is 599 g/mol. The number of benzene rings is 7. The first-order valence-electron chi connectivity index (χ1n) is 16.4. The molecule has 49 heavy (non-hydrogen) atoms. The fourth-order valence-electron chi connectivity index (χ4n) is 6.60. The minimum atomic E-state index is 0.615. The summed E-state index contributed by atoms with van der Waals surface area (Å²) in [6.07, 6.45) is 0. The fraction of sp³-hybridized carbons (Fsp3) is 0. The molecule has 0 spiro atoms. The molecule has 0 N–H and O–H groups in total. The van der Waals surface area contributed by atoms with Crippen LogP contribution in [0.2, 0.25) is 0 Å². The predicted molar refractivity (Wildman–Crippen MR) is 200 cm³/mol. The predicted octanol–water partition coefficient (Wildman–Crippen LogP) is 11.8. The van der Waals surface area contributed by atoms with Crippen molar-refractivity contribution in [3.8, 4) is 67.5 Å². The standard InChI is InChI=1S/C45H29N3O/c1-5-15-30(16-6-1)36-27-28-38(31-17-7-2-8-18-31)42-40(36)39-26-14-25-37(41(39)49-42)34-23-13-24-35(29-34)45-47-43(32-19-9-3-10-20-32)46-44(48-45)33-21-11-4-12-22-33/h1-29H. The first-order chi connectivity index (χ1) is 24.3. The van der Waals surface area contributed by atoms with Gasteiger partial charge in [-0.2, -0.15) is 0 Å². The van der Waals surface area contributed by atoms with Crippen molar-refractivity contribution in [2.45, 2.75) is 0 Å². The Morgan fingerprint density at radius 1 is 0.306 bits per heavy atom. The van der Waals surface area contributed by atoms with Crippen molar-refractivity contribution < 1.29 is 4.42 Å². The van der Waals surface area contributed by atoms with Crippen LogP contribution in [0.3, 0.4) is 0 Å². The largest absolute Gasteiger partial charge is 0.455 e. The second kappa shape index (κ2) is 12.2. The van der Waals surface area contributed by atoms with Crippen molar-refractivity contribution in [3.63, 3.8) is 0 Å². The van der Waals surface area contributed by atoms with Crippen molar-refractivity contribution in [1.29, 1.82) is 0 Å². The third-order valence-corrected chi connectivity index (χ3v) is 8.95. The van der Waals surface area contributed by atoms with Crippen LogP contribution in [-0.2, 0) is 0 Å². The molecule has 0 saturated carbocycles. The molecule has 0 unspecified atom stereocenters. The lowest BCUT2D eigenvalue weighted by Gasteiger charge is -2.10. The minimum Gasteiger partial charge on any atom is -0.455 e. The zero-order valence-electron chi connectivity index (χ0n) is 26.5. The van der Waals surface area contributed by atoms with Crippen LogP contribution in [0.25, 0.3) is 89.5 Å². The summed E-state index contributed by atoms with van der Waals surface area (Å²) in [5.74, 6) is 1.89. The van der Waals surface area contributed by atoms with Crippen LogP contribution in [0.5, 0.6) is 0 Å². The van der Waals surface area contributed by atoms with Crippen LogP contribution in [0.15, 0.2) is 180 Å². The summed E-state index contributed by atoms with van der Waals surface area (Å²) in [6.45, 7) is 0. The number of para-hydroxylation sites is 1. The molecule has 0 radical (unpaired) electrons. The van der Waals surface area contributed by atoms with Crippen LogP contribution in [0.1, 0.15) is 0 Å². The highest BCUT2D eigenvalue weighted by molar-refractivity contribution is 6.18. The van der Waals surface area contributed by atoms with Crippen molar-refractivity contribution in [2.24, 2.45) is 0 Å². The number of fused-ring (bicyclic) bond motifs is 3. The van der Waals surface area contributed by atoms with Crippen LogP contribution in [-0.4, -0.2) is 15.0 Å². The first-order valence-corrected chi connectivity index (χ1v) is 16.4. The van der Waals surface area contributed by atoms with Gasteiger partial charge in [-0.05, 0) is 34.4 Å². The molecule has 0 bridgehead atoms. The Morgan fingerprint density at radius 2 is 0.735 bits per heavy atom. The van der Waals surface area contributed by atoms with Gasteiger partial charge in [0.1, 0.15) is 11.2 Å². The van der Waals surface area contributed by atoms with Gasteiger partial charge in [-0.15, -0.1) is 0 Å². The van der Waals surface area contributed by atoms with Gasteiger partial charge in [0.2, 0.25) is 0 Å². The summed E-state index contributed by atoms with van der Waals surface area (Å²) in [5, 5.41) is 2.19. The molecule has 0 aliphatic heterocycles. The highest BCUT2D eigenvalue weighted by atomic mass is 16.3.